The normalized spacial score (nSPS) is 10.8. The van der Waals surface area contributed by atoms with Gasteiger partial charge in [-0.25, -0.2) is 18.3 Å². The summed E-state index contributed by atoms with van der Waals surface area (Å²) in [6.07, 6.45) is -1.71. The number of rotatable bonds is 4. The molecule has 0 spiro atoms. The molecule has 1 heterocycles. The van der Waals surface area contributed by atoms with Crippen molar-refractivity contribution in [1.82, 2.24) is 9.78 Å². The van der Waals surface area contributed by atoms with Crippen LogP contribution in [-0.4, -0.2) is 22.4 Å². The molecule has 6 heteroatoms. The van der Waals surface area contributed by atoms with E-state index in [2.05, 4.69) is 5.10 Å². The van der Waals surface area contributed by atoms with Crippen LogP contribution in [0, 0.1) is 6.92 Å². The number of esters is 1. The Hall–Kier alpha value is -2.24. The third-order valence-corrected chi connectivity index (χ3v) is 2.79. The van der Waals surface area contributed by atoms with Crippen molar-refractivity contribution in [3.8, 4) is 5.69 Å². The molecule has 106 valence electrons. The van der Waals surface area contributed by atoms with Crippen LogP contribution >= 0.6 is 0 Å². The van der Waals surface area contributed by atoms with Crippen molar-refractivity contribution in [2.75, 3.05) is 6.61 Å². The molecule has 0 atom stereocenters. The molecule has 2 aromatic rings. The number of carbonyl (C=O) groups is 1. The van der Waals surface area contributed by atoms with Crippen molar-refractivity contribution in [3.05, 3.63) is 47.3 Å². The molecule has 1 aromatic carbocycles. The van der Waals surface area contributed by atoms with Gasteiger partial charge in [0.1, 0.15) is 11.3 Å². The first-order chi connectivity index (χ1) is 9.54. The van der Waals surface area contributed by atoms with Crippen LogP contribution in [-0.2, 0) is 4.74 Å². The maximum atomic E-state index is 13.2. The first-order valence-corrected chi connectivity index (χ1v) is 6.14. The lowest BCUT2D eigenvalue weighted by Crippen LogP contribution is -2.10. The van der Waals surface area contributed by atoms with E-state index in [9.17, 15) is 13.6 Å². The van der Waals surface area contributed by atoms with E-state index in [1.807, 2.05) is 6.92 Å². The van der Waals surface area contributed by atoms with Crippen LogP contribution in [0.1, 0.15) is 35.0 Å². The van der Waals surface area contributed by atoms with Crippen LogP contribution < -0.4 is 0 Å². The van der Waals surface area contributed by atoms with Crippen LogP contribution in [0.4, 0.5) is 8.78 Å². The molecule has 0 aliphatic rings. The van der Waals surface area contributed by atoms with Crippen molar-refractivity contribution in [2.45, 2.75) is 20.3 Å². The van der Waals surface area contributed by atoms with E-state index in [0.717, 1.165) is 16.4 Å². The van der Waals surface area contributed by atoms with Gasteiger partial charge in [0, 0.05) is 0 Å². The lowest BCUT2D eigenvalue weighted by molar-refractivity contribution is 0.0514. The van der Waals surface area contributed by atoms with E-state index >= 15 is 0 Å². The van der Waals surface area contributed by atoms with Crippen molar-refractivity contribution in [3.63, 3.8) is 0 Å². The summed E-state index contributed by atoms with van der Waals surface area (Å²) in [6, 6.07) is 6.92. The summed E-state index contributed by atoms with van der Waals surface area (Å²) in [5.41, 5.74) is 0.821. The molecular formula is C14H14F2N2O2. The van der Waals surface area contributed by atoms with Crippen LogP contribution in [0.15, 0.2) is 30.5 Å². The van der Waals surface area contributed by atoms with Crippen LogP contribution in [0.3, 0.4) is 0 Å². The third kappa shape index (κ3) is 2.68. The average Bonchev–Trinajstić information content (AvgIpc) is 2.84. The summed E-state index contributed by atoms with van der Waals surface area (Å²) in [7, 11) is 0. The fourth-order valence-corrected chi connectivity index (χ4v) is 1.83. The fraction of sp³-hybridized carbons (Fsp3) is 0.286. The predicted molar refractivity (Wildman–Crippen MR) is 69.2 cm³/mol. The number of alkyl halides is 2. The highest BCUT2D eigenvalue weighted by Crippen LogP contribution is 2.26. The molecule has 0 saturated heterocycles. The number of nitrogens with zero attached hydrogens (tertiary/aromatic N) is 2. The number of hydrogen-bond donors (Lipinski definition) is 0. The topological polar surface area (TPSA) is 44.1 Å². The molecule has 1 aromatic heterocycles. The Morgan fingerprint density at radius 3 is 2.55 bits per heavy atom. The summed E-state index contributed by atoms with van der Waals surface area (Å²) in [4.78, 5) is 11.7. The smallest absolute Gasteiger partial charge is 0.341 e. The van der Waals surface area contributed by atoms with Crippen molar-refractivity contribution in [1.29, 1.82) is 0 Å². The molecular weight excluding hydrogens is 266 g/mol. The zero-order valence-electron chi connectivity index (χ0n) is 11.1. The summed E-state index contributed by atoms with van der Waals surface area (Å²) >= 11 is 0. The van der Waals surface area contributed by atoms with Gasteiger partial charge in [0.15, 0.2) is 0 Å². The Labute approximate surface area is 115 Å². The molecule has 0 fully saturated rings. The number of carbonyl (C=O) groups excluding carboxylic acids is 1. The van der Waals surface area contributed by atoms with Crippen molar-refractivity contribution in [2.24, 2.45) is 0 Å². The van der Waals surface area contributed by atoms with Gasteiger partial charge in [0.05, 0.1) is 18.5 Å². The van der Waals surface area contributed by atoms with E-state index in [1.165, 1.54) is 0 Å². The zero-order valence-corrected chi connectivity index (χ0v) is 11.1. The largest absolute Gasteiger partial charge is 0.462 e. The number of ether oxygens (including phenoxy) is 1. The SMILES string of the molecule is CCOC(=O)c1cnn(-c2ccc(C)cc2)c1C(F)F. The van der Waals surface area contributed by atoms with Crippen LogP contribution in [0.5, 0.6) is 0 Å². The Balaban J connectivity index is 2.49. The molecule has 0 radical (unpaired) electrons. The Morgan fingerprint density at radius 1 is 1.35 bits per heavy atom. The summed E-state index contributed by atoms with van der Waals surface area (Å²) in [5, 5.41) is 3.88. The Kier molecular flexibility index (Phi) is 4.12. The second-order valence-electron chi connectivity index (χ2n) is 4.21. The molecule has 4 nitrogen and oxygen atoms in total. The highest BCUT2D eigenvalue weighted by Gasteiger charge is 2.26. The predicted octanol–water partition coefficient (Wildman–Crippen LogP) is 3.30. The highest BCUT2D eigenvalue weighted by atomic mass is 19.3. The summed E-state index contributed by atoms with van der Waals surface area (Å²) in [6.45, 7) is 3.63. The maximum absolute atomic E-state index is 13.2. The minimum absolute atomic E-state index is 0.122. The van der Waals surface area contributed by atoms with Gasteiger partial charge in [-0.05, 0) is 26.0 Å². The minimum Gasteiger partial charge on any atom is -0.462 e. The zero-order chi connectivity index (χ0) is 14.7. The number of aromatic nitrogens is 2. The molecule has 0 bridgehead atoms. The molecule has 0 N–H and O–H groups in total. The van der Waals surface area contributed by atoms with Gasteiger partial charge < -0.3 is 4.74 Å². The van der Waals surface area contributed by atoms with Gasteiger partial charge in [-0.2, -0.15) is 5.10 Å². The highest BCUT2D eigenvalue weighted by molar-refractivity contribution is 5.90. The van der Waals surface area contributed by atoms with Gasteiger partial charge in [-0.1, -0.05) is 17.7 Å². The minimum atomic E-state index is -2.82. The molecule has 2 rings (SSSR count). The van der Waals surface area contributed by atoms with E-state index < -0.39 is 18.1 Å². The van der Waals surface area contributed by atoms with Crippen molar-refractivity contribution >= 4 is 5.97 Å². The lowest BCUT2D eigenvalue weighted by Gasteiger charge is -2.08. The van der Waals surface area contributed by atoms with E-state index in [4.69, 9.17) is 4.74 Å². The van der Waals surface area contributed by atoms with Crippen molar-refractivity contribution < 1.29 is 18.3 Å². The first kappa shape index (κ1) is 14.2. The number of aryl methyl sites for hydroxylation is 1. The maximum Gasteiger partial charge on any atom is 0.341 e. The summed E-state index contributed by atoms with van der Waals surface area (Å²) < 4.78 is 32.3. The van der Waals surface area contributed by atoms with E-state index in [-0.39, 0.29) is 12.2 Å². The first-order valence-electron chi connectivity index (χ1n) is 6.14. The van der Waals surface area contributed by atoms with Gasteiger partial charge in [0.2, 0.25) is 0 Å². The van der Waals surface area contributed by atoms with E-state index in [0.29, 0.717) is 5.69 Å². The average molecular weight is 280 g/mol. The van der Waals surface area contributed by atoms with E-state index in [1.54, 1.807) is 31.2 Å². The second-order valence-corrected chi connectivity index (χ2v) is 4.21. The molecule has 20 heavy (non-hydrogen) atoms. The number of halogens is 2. The molecule has 0 saturated carbocycles. The Bertz CT molecular complexity index is 606. The lowest BCUT2D eigenvalue weighted by atomic mass is 10.2. The second kappa shape index (κ2) is 5.81. The number of hydrogen-bond acceptors (Lipinski definition) is 3. The number of benzene rings is 1. The Morgan fingerprint density at radius 2 is 2.00 bits per heavy atom. The molecule has 0 amide bonds. The van der Waals surface area contributed by atoms with Gasteiger partial charge in [-0.3, -0.25) is 0 Å². The van der Waals surface area contributed by atoms with Crippen LogP contribution in [0.25, 0.3) is 5.69 Å². The molecule has 0 aliphatic heterocycles. The van der Waals surface area contributed by atoms with Crippen LogP contribution in [0.2, 0.25) is 0 Å². The third-order valence-electron chi connectivity index (χ3n) is 2.79. The monoisotopic (exact) mass is 280 g/mol. The molecule has 0 aliphatic carbocycles. The standard InChI is InChI=1S/C14H14F2N2O2/c1-3-20-14(19)11-8-17-18(12(11)13(15)16)10-6-4-9(2)5-7-10/h4-8,13H,3H2,1-2H3. The van der Waals surface area contributed by atoms with Gasteiger partial charge >= 0.3 is 5.97 Å². The molecule has 0 unspecified atom stereocenters. The fourth-order valence-electron chi connectivity index (χ4n) is 1.83. The van der Waals surface area contributed by atoms with Gasteiger partial charge in [0.25, 0.3) is 6.43 Å². The summed E-state index contributed by atoms with van der Waals surface area (Å²) in [5.74, 6) is -0.791. The van der Waals surface area contributed by atoms with Gasteiger partial charge in [-0.15, -0.1) is 0 Å². The quantitative estimate of drug-likeness (QED) is 0.807.